The van der Waals surface area contributed by atoms with Crippen LogP contribution in [-0.4, -0.2) is 31.7 Å². The summed E-state index contributed by atoms with van der Waals surface area (Å²) in [5.74, 6) is -7.72. The largest absolute Gasteiger partial charge is 0.461 e. The number of hydrogen-bond donors (Lipinski definition) is 1. The third kappa shape index (κ3) is 3.71. The van der Waals surface area contributed by atoms with Gasteiger partial charge in [-0.3, -0.25) is 9.52 Å². The van der Waals surface area contributed by atoms with Crippen molar-refractivity contribution >= 4 is 21.7 Å². The molecule has 0 aliphatic rings. The molecule has 0 atom stereocenters. The van der Waals surface area contributed by atoms with Gasteiger partial charge in [0.05, 0.1) is 0 Å². The molecule has 5 nitrogen and oxygen atoms in total. The molecular weight excluding hydrogens is 375 g/mol. The number of anilines is 1. The third-order valence-electron chi connectivity index (χ3n) is 2.43. The second-order valence-electron chi connectivity index (χ2n) is 4.31. The number of halogens is 7. The lowest BCUT2D eigenvalue weighted by atomic mass is 10.3. The van der Waals surface area contributed by atoms with Crippen molar-refractivity contribution in [3.05, 3.63) is 24.3 Å². The molecule has 13 heteroatoms. The number of sulfonamides is 1. The highest BCUT2D eigenvalue weighted by atomic mass is 32.2. The van der Waals surface area contributed by atoms with Crippen molar-refractivity contribution in [1.29, 1.82) is 0 Å². The molecular formula is C11H8F7NO4S. The predicted octanol–water partition coefficient (Wildman–Crippen LogP) is 3.14. The van der Waals surface area contributed by atoms with E-state index in [9.17, 15) is 43.9 Å². The Hall–Kier alpha value is -2.05. The zero-order valence-electron chi connectivity index (χ0n) is 11.5. The van der Waals surface area contributed by atoms with Crippen molar-refractivity contribution in [3.63, 3.8) is 0 Å². The summed E-state index contributed by atoms with van der Waals surface area (Å²) in [6, 6.07) is 3.24. The molecule has 0 heterocycles. The van der Waals surface area contributed by atoms with Crippen LogP contribution in [0.1, 0.15) is 6.92 Å². The summed E-state index contributed by atoms with van der Waals surface area (Å²) < 4.78 is 116. The Morgan fingerprint density at radius 1 is 1.00 bits per heavy atom. The number of benzene rings is 1. The molecule has 136 valence electrons. The average molecular weight is 383 g/mol. The van der Waals surface area contributed by atoms with Gasteiger partial charge in [-0.05, 0) is 24.3 Å². The average Bonchev–Trinajstić information content (AvgIpc) is 2.38. The Morgan fingerprint density at radius 2 is 1.46 bits per heavy atom. The van der Waals surface area contributed by atoms with Gasteiger partial charge in [-0.25, -0.2) is 0 Å². The van der Waals surface area contributed by atoms with Crippen LogP contribution in [0.2, 0.25) is 0 Å². The lowest BCUT2D eigenvalue weighted by Gasteiger charge is -2.27. The number of carbonyl (C=O) groups excluding carboxylic acids is 1. The van der Waals surface area contributed by atoms with Gasteiger partial charge in [-0.15, -0.1) is 0 Å². The fraction of sp³-hybridized carbons (Fsp3) is 0.364. The van der Waals surface area contributed by atoms with E-state index in [0.717, 1.165) is 35.9 Å². The first kappa shape index (κ1) is 20.0. The lowest BCUT2D eigenvalue weighted by molar-refractivity contribution is -0.332. The van der Waals surface area contributed by atoms with Crippen molar-refractivity contribution in [2.45, 2.75) is 24.3 Å². The Labute approximate surface area is 130 Å². The predicted molar refractivity (Wildman–Crippen MR) is 66.2 cm³/mol. The lowest BCUT2D eigenvalue weighted by Crippen LogP contribution is -2.57. The first-order valence-electron chi connectivity index (χ1n) is 5.75. The Balaban J connectivity index is 3.11. The standard InChI is InChI=1S/C11H8F7NO4S/c1-6(20)23-8-4-2-7(3-5-8)19-24(21,22)11(17,18)9(12,13)10(14,15)16/h2-5,19H,1H3. The first-order chi connectivity index (χ1) is 10.6. The maximum absolute atomic E-state index is 13.2. The number of ether oxygens (including phenoxy) is 1. The SMILES string of the molecule is CC(=O)Oc1ccc(NS(=O)(=O)C(F)(F)C(F)(F)C(F)(F)F)cc1. The van der Waals surface area contributed by atoms with Crippen molar-refractivity contribution in [3.8, 4) is 5.75 Å². The highest BCUT2D eigenvalue weighted by molar-refractivity contribution is 7.93. The van der Waals surface area contributed by atoms with E-state index >= 15 is 0 Å². The second-order valence-corrected chi connectivity index (χ2v) is 6.04. The molecule has 0 radical (unpaired) electrons. The van der Waals surface area contributed by atoms with Crippen LogP contribution in [-0.2, 0) is 14.8 Å². The van der Waals surface area contributed by atoms with Crippen LogP contribution in [0.15, 0.2) is 24.3 Å². The van der Waals surface area contributed by atoms with E-state index in [0.29, 0.717) is 0 Å². The van der Waals surface area contributed by atoms with Crippen LogP contribution in [0.3, 0.4) is 0 Å². The van der Waals surface area contributed by atoms with Gasteiger partial charge in [-0.2, -0.15) is 39.2 Å². The monoisotopic (exact) mass is 383 g/mol. The minimum Gasteiger partial charge on any atom is -0.427 e. The molecule has 0 aliphatic carbocycles. The quantitative estimate of drug-likeness (QED) is 0.482. The summed E-state index contributed by atoms with van der Waals surface area (Å²) >= 11 is 0. The Morgan fingerprint density at radius 3 is 1.83 bits per heavy atom. The van der Waals surface area contributed by atoms with Gasteiger partial charge in [0.2, 0.25) is 0 Å². The smallest absolute Gasteiger partial charge is 0.427 e. The highest BCUT2D eigenvalue weighted by Gasteiger charge is 2.78. The molecule has 0 aromatic heterocycles. The molecule has 0 saturated carbocycles. The molecule has 1 rings (SSSR count). The summed E-state index contributed by atoms with van der Waals surface area (Å²) in [7, 11) is -6.45. The highest BCUT2D eigenvalue weighted by Crippen LogP contribution is 2.49. The molecule has 0 unspecified atom stereocenters. The van der Waals surface area contributed by atoms with Crippen LogP contribution in [0, 0.1) is 0 Å². The van der Waals surface area contributed by atoms with Gasteiger partial charge < -0.3 is 4.74 Å². The van der Waals surface area contributed by atoms with E-state index in [1.807, 2.05) is 0 Å². The number of rotatable bonds is 5. The van der Waals surface area contributed by atoms with E-state index < -0.39 is 39.0 Å². The van der Waals surface area contributed by atoms with Gasteiger partial charge in [0, 0.05) is 12.6 Å². The van der Waals surface area contributed by atoms with E-state index in [1.165, 1.54) is 0 Å². The van der Waals surface area contributed by atoms with Crippen molar-refractivity contribution in [2.75, 3.05) is 4.72 Å². The molecule has 24 heavy (non-hydrogen) atoms. The van der Waals surface area contributed by atoms with Crippen molar-refractivity contribution in [1.82, 2.24) is 0 Å². The molecule has 0 spiro atoms. The molecule has 0 fully saturated rings. The zero-order valence-corrected chi connectivity index (χ0v) is 12.3. The Bertz CT molecular complexity index is 713. The fourth-order valence-corrected chi connectivity index (χ4v) is 2.34. The summed E-state index contributed by atoms with van der Waals surface area (Å²) in [5, 5.41) is -6.47. The maximum Gasteiger partial charge on any atom is 0.461 e. The molecule has 0 aliphatic heterocycles. The minimum atomic E-state index is -6.82. The minimum absolute atomic E-state index is 0.141. The number of alkyl halides is 7. The molecule has 0 amide bonds. The van der Waals surface area contributed by atoms with E-state index in [-0.39, 0.29) is 5.75 Å². The van der Waals surface area contributed by atoms with Gasteiger partial charge in [0.25, 0.3) is 0 Å². The first-order valence-corrected chi connectivity index (χ1v) is 7.23. The number of esters is 1. The topological polar surface area (TPSA) is 72.5 Å². The Kier molecular flexibility index (Phi) is 5.09. The van der Waals surface area contributed by atoms with Crippen LogP contribution >= 0.6 is 0 Å². The fourth-order valence-electron chi connectivity index (χ4n) is 1.31. The van der Waals surface area contributed by atoms with Gasteiger partial charge in [0.15, 0.2) is 0 Å². The molecule has 1 N–H and O–H groups in total. The summed E-state index contributed by atoms with van der Waals surface area (Å²) in [4.78, 5) is 10.6. The second kappa shape index (κ2) is 6.11. The van der Waals surface area contributed by atoms with Gasteiger partial charge >= 0.3 is 33.3 Å². The molecule has 1 aromatic carbocycles. The van der Waals surface area contributed by atoms with Crippen molar-refractivity contribution in [2.24, 2.45) is 0 Å². The number of hydrogen-bond acceptors (Lipinski definition) is 4. The summed E-state index contributed by atoms with van der Waals surface area (Å²) in [5.41, 5.74) is -0.747. The van der Waals surface area contributed by atoms with Crippen LogP contribution in [0.5, 0.6) is 5.75 Å². The number of carbonyl (C=O) groups is 1. The molecule has 0 bridgehead atoms. The number of nitrogens with one attached hydrogen (secondary N) is 1. The van der Waals surface area contributed by atoms with E-state index in [2.05, 4.69) is 4.74 Å². The third-order valence-corrected chi connectivity index (χ3v) is 3.86. The normalized spacial score (nSPS) is 13.5. The summed E-state index contributed by atoms with van der Waals surface area (Å²) in [6.07, 6.45) is -6.79. The van der Waals surface area contributed by atoms with Crippen LogP contribution < -0.4 is 9.46 Å². The van der Waals surface area contributed by atoms with Crippen LogP contribution in [0.4, 0.5) is 36.4 Å². The van der Waals surface area contributed by atoms with Gasteiger partial charge in [0.1, 0.15) is 5.75 Å². The summed E-state index contributed by atoms with van der Waals surface area (Å²) in [6.45, 7) is 1.02. The maximum atomic E-state index is 13.2. The van der Waals surface area contributed by atoms with Crippen LogP contribution in [0.25, 0.3) is 0 Å². The van der Waals surface area contributed by atoms with Gasteiger partial charge in [-0.1, -0.05) is 0 Å². The van der Waals surface area contributed by atoms with Crippen molar-refractivity contribution < 1.29 is 48.7 Å². The van der Waals surface area contributed by atoms with E-state index in [1.54, 1.807) is 0 Å². The molecule has 0 saturated heterocycles. The van der Waals surface area contributed by atoms with E-state index in [4.69, 9.17) is 0 Å². The molecule has 1 aromatic rings. The zero-order chi connectivity index (χ0) is 19.0.